The average Bonchev–Trinajstić information content (AvgIpc) is 2.95. The average molecular weight is 308 g/mol. The zero-order valence-electron chi connectivity index (χ0n) is 11.7. The summed E-state index contributed by atoms with van der Waals surface area (Å²) >= 11 is 0. The molecule has 3 N–H and O–H groups in total. The molecule has 2 rings (SSSR count). The molecular formula is C14H16N2O6. The van der Waals surface area contributed by atoms with Crippen molar-refractivity contribution in [2.45, 2.75) is 25.3 Å². The Morgan fingerprint density at radius 2 is 1.59 bits per heavy atom. The molecule has 118 valence electrons. The van der Waals surface area contributed by atoms with Crippen LogP contribution in [0.25, 0.3) is 0 Å². The molecule has 1 atom stereocenters. The second-order valence-corrected chi connectivity index (χ2v) is 4.93. The molecule has 1 aliphatic heterocycles. The van der Waals surface area contributed by atoms with E-state index < -0.39 is 12.0 Å². The first-order valence-electron chi connectivity index (χ1n) is 6.77. The number of hydrogen-bond acceptors (Lipinski definition) is 5. The minimum absolute atomic E-state index is 0.148. The summed E-state index contributed by atoms with van der Waals surface area (Å²) in [7, 11) is 0. The predicted molar refractivity (Wildman–Crippen MR) is 74.1 cm³/mol. The van der Waals surface area contributed by atoms with Crippen LogP contribution in [0.4, 0.5) is 0 Å². The molecule has 1 aromatic heterocycles. The van der Waals surface area contributed by atoms with Crippen LogP contribution in [0.15, 0.2) is 24.3 Å². The highest BCUT2D eigenvalue weighted by Gasteiger charge is 2.25. The molecule has 8 nitrogen and oxygen atoms in total. The van der Waals surface area contributed by atoms with E-state index in [1.54, 1.807) is 0 Å². The minimum Gasteiger partial charge on any atom is -0.494 e. The minimum atomic E-state index is -1.18. The van der Waals surface area contributed by atoms with E-state index in [0.29, 0.717) is 12.8 Å². The Morgan fingerprint density at radius 1 is 1.05 bits per heavy atom. The summed E-state index contributed by atoms with van der Waals surface area (Å²) in [4.78, 5) is 35.1. The van der Waals surface area contributed by atoms with Crippen molar-refractivity contribution in [1.82, 2.24) is 9.47 Å². The lowest BCUT2D eigenvalue weighted by Gasteiger charge is -2.17. The van der Waals surface area contributed by atoms with Gasteiger partial charge in [-0.05, 0) is 19.3 Å². The van der Waals surface area contributed by atoms with E-state index in [9.17, 15) is 29.7 Å². The third-order valence-electron chi connectivity index (χ3n) is 3.48. The molecule has 0 bridgehead atoms. The topological polar surface area (TPSA) is 120 Å². The summed E-state index contributed by atoms with van der Waals surface area (Å²) in [6.07, 6.45) is 3.38. The Bertz CT molecular complexity index is 596. The van der Waals surface area contributed by atoms with Gasteiger partial charge in [-0.2, -0.15) is 0 Å². The van der Waals surface area contributed by atoms with Crippen LogP contribution in [0.2, 0.25) is 0 Å². The standard InChI is InChI=1S/C14H16N2O6/c17-10-4-5-11(18)15(10)8-2-1-3-9(14(21)22)16-12(19)6-7-13(16)20/h4-7,9,19-20H,1-3,8H2,(H,21,22). The van der Waals surface area contributed by atoms with Crippen LogP contribution in [-0.2, 0) is 14.4 Å². The van der Waals surface area contributed by atoms with Crippen molar-refractivity contribution < 1.29 is 29.7 Å². The van der Waals surface area contributed by atoms with Gasteiger partial charge in [-0.1, -0.05) is 0 Å². The molecule has 0 saturated heterocycles. The molecule has 0 aromatic carbocycles. The van der Waals surface area contributed by atoms with Crippen molar-refractivity contribution in [3.63, 3.8) is 0 Å². The Kier molecular flexibility index (Phi) is 4.50. The first-order valence-corrected chi connectivity index (χ1v) is 6.77. The molecule has 0 radical (unpaired) electrons. The van der Waals surface area contributed by atoms with E-state index in [-0.39, 0.29) is 36.5 Å². The van der Waals surface area contributed by atoms with Gasteiger partial charge in [0.1, 0.15) is 6.04 Å². The number of imide groups is 1. The number of carboxylic acid groups (broad SMARTS) is 1. The zero-order chi connectivity index (χ0) is 16.3. The molecule has 1 unspecified atom stereocenters. The van der Waals surface area contributed by atoms with Gasteiger partial charge in [0.15, 0.2) is 11.8 Å². The van der Waals surface area contributed by atoms with E-state index in [4.69, 9.17) is 0 Å². The van der Waals surface area contributed by atoms with Crippen molar-refractivity contribution in [1.29, 1.82) is 0 Å². The van der Waals surface area contributed by atoms with Crippen molar-refractivity contribution >= 4 is 17.8 Å². The summed E-state index contributed by atoms with van der Waals surface area (Å²) in [6.45, 7) is 0.209. The fraction of sp³-hybridized carbons (Fsp3) is 0.357. The highest BCUT2D eigenvalue weighted by atomic mass is 16.4. The maximum atomic E-state index is 11.4. The van der Waals surface area contributed by atoms with Crippen LogP contribution in [0.5, 0.6) is 11.8 Å². The van der Waals surface area contributed by atoms with Gasteiger partial charge in [0.05, 0.1) is 0 Å². The number of unbranched alkanes of at least 4 members (excludes halogenated alkanes) is 1. The quantitative estimate of drug-likeness (QED) is 0.501. The highest BCUT2D eigenvalue weighted by molar-refractivity contribution is 6.12. The summed E-state index contributed by atoms with van der Waals surface area (Å²) < 4.78 is 0.927. The van der Waals surface area contributed by atoms with Crippen molar-refractivity contribution in [2.75, 3.05) is 6.54 Å². The number of hydrogen-bond donors (Lipinski definition) is 3. The Balaban J connectivity index is 1.90. The number of amides is 2. The number of carbonyl (C=O) groups excluding carboxylic acids is 2. The van der Waals surface area contributed by atoms with Crippen molar-refractivity contribution in [3.8, 4) is 11.8 Å². The number of aliphatic carboxylic acids is 1. The molecular weight excluding hydrogens is 292 g/mol. The van der Waals surface area contributed by atoms with Crippen molar-refractivity contribution in [3.05, 3.63) is 24.3 Å². The van der Waals surface area contributed by atoms with Gasteiger partial charge in [0.25, 0.3) is 11.8 Å². The Labute approximate surface area is 125 Å². The number of rotatable bonds is 7. The molecule has 2 amide bonds. The lowest BCUT2D eigenvalue weighted by molar-refractivity contribution is -0.142. The second kappa shape index (κ2) is 6.33. The van der Waals surface area contributed by atoms with Gasteiger partial charge >= 0.3 is 5.97 Å². The SMILES string of the molecule is O=C(O)C(CCCCN1C(=O)C=CC1=O)n1c(O)ccc1O. The molecule has 0 spiro atoms. The largest absolute Gasteiger partial charge is 0.494 e. The molecule has 22 heavy (non-hydrogen) atoms. The lowest BCUT2D eigenvalue weighted by atomic mass is 10.1. The third kappa shape index (κ3) is 3.11. The van der Waals surface area contributed by atoms with E-state index in [1.165, 1.54) is 24.3 Å². The lowest BCUT2D eigenvalue weighted by Crippen LogP contribution is -2.31. The summed E-state index contributed by atoms with van der Waals surface area (Å²) in [5, 5.41) is 28.4. The number of carboxylic acids is 1. The maximum Gasteiger partial charge on any atom is 0.326 e. The van der Waals surface area contributed by atoms with Gasteiger partial charge in [-0.25, -0.2) is 4.79 Å². The highest BCUT2D eigenvalue weighted by Crippen LogP contribution is 2.29. The van der Waals surface area contributed by atoms with Crippen molar-refractivity contribution in [2.24, 2.45) is 0 Å². The predicted octanol–water partition coefficient (Wildman–Crippen LogP) is 0.620. The number of carbonyl (C=O) groups is 3. The van der Waals surface area contributed by atoms with Gasteiger partial charge in [0, 0.05) is 30.8 Å². The third-order valence-corrected chi connectivity index (χ3v) is 3.48. The second-order valence-electron chi connectivity index (χ2n) is 4.93. The molecule has 1 aliphatic rings. The monoisotopic (exact) mass is 308 g/mol. The van der Waals surface area contributed by atoms with Crippen LogP contribution in [0.1, 0.15) is 25.3 Å². The fourth-order valence-electron chi connectivity index (χ4n) is 2.37. The van der Waals surface area contributed by atoms with Crippen LogP contribution in [0, 0.1) is 0 Å². The van der Waals surface area contributed by atoms with Gasteiger partial charge < -0.3 is 15.3 Å². The molecule has 2 heterocycles. The van der Waals surface area contributed by atoms with Gasteiger partial charge in [-0.15, -0.1) is 0 Å². The van der Waals surface area contributed by atoms with E-state index in [2.05, 4.69) is 0 Å². The Morgan fingerprint density at radius 3 is 2.09 bits per heavy atom. The normalized spacial score (nSPS) is 15.5. The molecule has 1 aromatic rings. The number of aromatic hydroxyl groups is 2. The van der Waals surface area contributed by atoms with Crippen LogP contribution >= 0.6 is 0 Å². The molecule has 0 saturated carbocycles. The number of nitrogens with zero attached hydrogens (tertiary/aromatic N) is 2. The summed E-state index contributed by atoms with van der Waals surface area (Å²) in [5.41, 5.74) is 0. The Hall–Kier alpha value is -2.77. The van der Waals surface area contributed by atoms with E-state index in [0.717, 1.165) is 9.47 Å². The van der Waals surface area contributed by atoms with E-state index >= 15 is 0 Å². The zero-order valence-corrected chi connectivity index (χ0v) is 11.7. The first-order chi connectivity index (χ1) is 10.4. The molecule has 0 fully saturated rings. The van der Waals surface area contributed by atoms with Gasteiger partial charge in [0.2, 0.25) is 0 Å². The number of aromatic nitrogens is 1. The van der Waals surface area contributed by atoms with Crippen LogP contribution in [-0.4, -0.2) is 49.1 Å². The van der Waals surface area contributed by atoms with Crippen LogP contribution in [0.3, 0.4) is 0 Å². The summed E-state index contributed by atoms with van der Waals surface area (Å²) in [5.74, 6) is -2.60. The molecule has 0 aliphatic carbocycles. The van der Waals surface area contributed by atoms with Crippen LogP contribution < -0.4 is 0 Å². The van der Waals surface area contributed by atoms with E-state index in [1.807, 2.05) is 0 Å². The smallest absolute Gasteiger partial charge is 0.326 e. The first kappa shape index (κ1) is 15.6. The summed E-state index contributed by atoms with van der Waals surface area (Å²) in [6, 6.07) is 1.30. The maximum absolute atomic E-state index is 11.4. The van der Waals surface area contributed by atoms with Gasteiger partial charge in [-0.3, -0.25) is 19.1 Å². The molecule has 8 heteroatoms. The fourth-order valence-corrected chi connectivity index (χ4v) is 2.37.